The van der Waals surface area contributed by atoms with Crippen molar-refractivity contribution in [3.63, 3.8) is 0 Å². The van der Waals surface area contributed by atoms with Crippen LogP contribution in [0.5, 0.6) is 5.75 Å². The van der Waals surface area contributed by atoms with E-state index < -0.39 is 11.7 Å². The van der Waals surface area contributed by atoms with Crippen LogP contribution in [0.3, 0.4) is 0 Å². The number of fused-ring (bicyclic) bond motifs is 2. The Labute approximate surface area is 172 Å². The second-order valence-electron chi connectivity index (χ2n) is 7.71. The van der Waals surface area contributed by atoms with Gasteiger partial charge in [-0.05, 0) is 57.2 Å². The van der Waals surface area contributed by atoms with Gasteiger partial charge in [0.25, 0.3) is 0 Å². The number of anilines is 1. The summed E-state index contributed by atoms with van der Waals surface area (Å²) in [5, 5.41) is 12.8. The zero-order chi connectivity index (χ0) is 21.5. The van der Waals surface area contributed by atoms with Gasteiger partial charge in [-0.2, -0.15) is 5.26 Å². The van der Waals surface area contributed by atoms with E-state index in [-0.39, 0.29) is 0 Å². The summed E-state index contributed by atoms with van der Waals surface area (Å²) >= 11 is 0. The number of hydrogen-bond acceptors (Lipinski definition) is 6. The van der Waals surface area contributed by atoms with Gasteiger partial charge >= 0.3 is 6.09 Å². The predicted molar refractivity (Wildman–Crippen MR) is 112 cm³/mol. The van der Waals surface area contributed by atoms with Crippen molar-refractivity contribution in [3.05, 3.63) is 48.2 Å². The zero-order valence-electron chi connectivity index (χ0n) is 17.0. The highest BCUT2D eigenvalue weighted by atomic mass is 16.6. The van der Waals surface area contributed by atoms with Crippen LogP contribution >= 0.6 is 0 Å². The molecule has 4 aromatic rings. The number of benzene rings is 1. The van der Waals surface area contributed by atoms with Gasteiger partial charge in [0.15, 0.2) is 11.6 Å². The molecule has 0 radical (unpaired) electrons. The normalized spacial score (nSPS) is 11.4. The molecule has 0 fully saturated rings. The lowest BCUT2D eigenvalue weighted by atomic mass is 10.2. The summed E-state index contributed by atoms with van der Waals surface area (Å²) in [4.78, 5) is 17.1. The highest BCUT2D eigenvalue weighted by Gasteiger charge is 2.23. The van der Waals surface area contributed by atoms with E-state index in [9.17, 15) is 10.1 Å². The molecule has 0 unspecified atom stereocenters. The third-order valence-electron chi connectivity index (χ3n) is 4.33. The number of rotatable bonds is 3. The fraction of sp³-hybridized carbons (Fsp3) is 0.227. The number of nitrogens with one attached hydrogen (secondary N) is 1. The fourth-order valence-electron chi connectivity index (χ4n) is 3.07. The quantitative estimate of drug-likeness (QED) is 0.517. The first-order valence-electron chi connectivity index (χ1n) is 9.27. The van der Waals surface area contributed by atoms with Crippen molar-refractivity contribution in [2.24, 2.45) is 0 Å². The van der Waals surface area contributed by atoms with Crippen LogP contribution in [-0.2, 0) is 4.74 Å². The number of methoxy groups -OCH3 is 1. The average Bonchev–Trinajstić information content (AvgIpc) is 3.26. The number of carbonyl (C=O) groups excluding carboxylic acids is 1. The summed E-state index contributed by atoms with van der Waals surface area (Å²) in [5.41, 5.74) is 1.37. The van der Waals surface area contributed by atoms with Crippen LogP contribution < -0.4 is 10.1 Å². The molecule has 0 atom stereocenters. The monoisotopic (exact) mass is 404 g/mol. The minimum absolute atomic E-state index is 0.384. The molecule has 8 heteroatoms. The first-order valence-corrected chi connectivity index (χ1v) is 9.27. The van der Waals surface area contributed by atoms with Gasteiger partial charge in [-0.25, -0.2) is 9.78 Å². The molecule has 3 aromatic heterocycles. The van der Waals surface area contributed by atoms with Crippen molar-refractivity contribution in [3.8, 4) is 23.3 Å². The van der Waals surface area contributed by atoms with Crippen LogP contribution in [0.25, 0.3) is 28.1 Å². The molecule has 0 spiro atoms. The van der Waals surface area contributed by atoms with Crippen molar-refractivity contribution < 1.29 is 18.7 Å². The molecule has 0 saturated heterocycles. The number of carbonyl (C=O) groups is 1. The minimum Gasteiger partial charge on any atom is -0.497 e. The van der Waals surface area contributed by atoms with E-state index in [1.165, 1.54) is 0 Å². The molecule has 3 heterocycles. The number of amides is 1. The lowest BCUT2D eigenvalue weighted by Crippen LogP contribution is -2.27. The first-order chi connectivity index (χ1) is 14.3. The van der Waals surface area contributed by atoms with Crippen molar-refractivity contribution in [1.29, 1.82) is 5.26 Å². The summed E-state index contributed by atoms with van der Waals surface area (Å²) in [7, 11) is 1.60. The van der Waals surface area contributed by atoms with Gasteiger partial charge in [0.05, 0.1) is 18.7 Å². The topological polar surface area (TPSA) is 102 Å². The minimum atomic E-state index is -0.658. The zero-order valence-corrected chi connectivity index (χ0v) is 17.0. The number of hydrogen-bond donors (Lipinski definition) is 1. The Morgan fingerprint density at radius 3 is 2.73 bits per heavy atom. The average molecular weight is 404 g/mol. The fourth-order valence-corrected chi connectivity index (χ4v) is 3.07. The van der Waals surface area contributed by atoms with Crippen LogP contribution in [-0.4, -0.2) is 28.2 Å². The van der Waals surface area contributed by atoms with E-state index in [2.05, 4.69) is 16.4 Å². The van der Waals surface area contributed by atoms with Crippen LogP contribution in [0.15, 0.2) is 47.0 Å². The van der Waals surface area contributed by atoms with E-state index in [1.54, 1.807) is 56.7 Å². The Morgan fingerprint density at radius 2 is 2.03 bits per heavy atom. The number of aromatic nitrogens is 2. The predicted octanol–water partition coefficient (Wildman–Crippen LogP) is 4.97. The van der Waals surface area contributed by atoms with Gasteiger partial charge in [-0.1, -0.05) is 0 Å². The smallest absolute Gasteiger partial charge is 0.413 e. The van der Waals surface area contributed by atoms with Gasteiger partial charge in [-0.15, -0.1) is 0 Å². The van der Waals surface area contributed by atoms with Crippen molar-refractivity contribution in [2.45, 2.75) is 26.4 Å². The molecule has 8 nitrogen and oxygen atoms in total. The standard InChI is InChI=1S/C22H20N4O4/c1-22(2,3)30-21(27)25-20-19(24-18-9-13(12-23)7-8-26(18)20)17-11-14-10-15(28-4)5-6-16(14)29-17/h5-11H,1-4H3,(H,25,27). The molecule has 1 N–H and O–H groups in total. The number of pyridine rings is 1. The number of ether oxygens (including phenoxy) is 2. The Balaban J connectivity index is 1.85. The van der Waals surface area contributed by atoms with Crippen LogP contribution in [0.2, 0.25) is 0 Å². The van der Waals surface area contributed by atoms with Crippen LogP contribution in [0.4, 0.5) is 10.6 Å². The van der Waals surface area contributed by atoms with Gasteiger partial charge < -0.3 is 13.9 Å². The summed E-state index contributed by atoms with van der Waals surface area (Å²) in [6, 6.07) is 12.7. The number of imidazole rings is 1. The van der Waals surface area contributed by atoms with Gasteiger partial charge in [0, 0.05) is 11.6 Å². The lowest BCUT2D eigenvalue weighted by molar-refractivity contribution is 0.0635. The number of nitrogens with zero attached hydrogens (tertiary/aromatic N) is 3. The van der Waals surface area contributed by atoms with E-state index in [0.29, 0.717) is 39.8 Å². The molecule has 0 saturated carbocycles. The third kappa shape index (κ3) is 3.65. The van der Waals surface area contributed by atoms with Crippen LogP contribution in [0.1, 0.15) is 26.3 Å². The van der Waals surface area contributed by atoms with E-state index in [4.69, 9.17) is 13.9 Å². The second kappa shape index (κ2) is 7.12. The molecular weight excluding hydrogens is 384 g/mol. The van der Waals surface area contributed by atoms with E-state index in [1.807, 2.05) is 18.2 Å². The maximum atomic E-state index is 12.5. The molecule has 0 aliphatic carbocycles. The molecule has 1 amide bonds. The summed E-state index contributed by atoms with van der Waals surface area (Å²) in [6.45, 7) is 5.36. The Bertz CT molecular complexity index is 1300. The lowest BCUT2D eigenvalue weighted by Gasteiger charge is -2.19. The Hall–Kier alpha value is -3.99. The van der Waals surface area contributed by atoms with Crippen molar-refractivity contribution in [1.82, 2.24) is 9.38 Å². The highest BCUT2D eigenvalue weighted by Crippen LogP contribution is 2.34. The summed E-state index contributed by atoms with van der Waals surface area (Å²) < 4.78 is 18.3. The summed E-state index contributed by atoms with van der Waals surface area (Å²) in [6.07, 6.45) is 1.05. The van der Waals surface area contributed by atoms with Crippen LogP contribution in [0, 0.1) is 11.3 Å². The molecule has 0 aliphatic rings. The maximum absolute atomic E-state index is 12.5. The second-order valence-corrected chi connectivity index (χ2v) is 7.71. The largest absolute Gasteiger partial charge is 0.497 e. The van der Waals surface area contributed by atoms with Gasteiger partial charge in [0.1, 0.15) is 28.3 Å². The van der Waals surface area contributed by atoms with Gasteiger partial charge in [-0.3, -0.25) is 9.72 Å². The molecule has 4 rings (SSSR count). The Morgan fingerprint density at radius 1 is 1.23 bits per heavy atom. The number of furan rings is 1. The summed E-state index contributed by atoms with van der Waals surface area (Å²) in [5.74, 6) is 1.55. The van der Waals surface area contributed by atoms with Gasteiger partial charge in [0.2, 0.25) is 0 Å². The van der Waals surface area contributed by atoms with E-state index >= 15 is 0 Å². The molecule has 152 valence electrons. The Kier molecular flexibility index (Phi) is 4.59. The molecule has 0 bridgehead atoms. The molecular formula is C22H20N4O4. The highest BCUT2D eigenvalue weighted by molar-refractivity contribution is 5.92. The SMILES string of the molecule is COc1ccc2oc(-c3nc4cc(C#N)ccn4c3NC(=O)OC(C)(C)C)cc2c1. The molecule has 30 heavy (non-hydrogen) atoms. The maximum Gasteiger partial charge on any atom is 0.413 e. The van der Waals surface area contributed by atoms with Crippen molar-refractivity contribution >= 4 is 28.5 Å². The molecule has 0 aliphatic heterocycles. The third-order valence-corrected chi connectivity index (χ3v) is 4.33. The van der Waals surface area contributed by atoms with Crippen molar-refractivity contribution in [2.75, 3.05) is 12.4 Å². The molecule has 1 aromatic carbocycles. The first kappa shape index (κ1) is 19.3. The number of nitriles is 1. The van der Waals surface area contributed by atoms with E-state index in [0.717, 1.165) is 5.39 Å².